The molecule has 0 aliphatic rings. The molecule has 0 saturated heterocycles. The Morgan fingerprint density at radius 2 is 2.00 bits per heavy atom. The molecule has 2 aromatic carbocycles. The maximum atomic E-state index is 12.7. The number of aromatic hydroxyl groups is 1. The third-order valence-electron chi connectivity index (χ3n) is 4.36. The lowest BCUT2D eigenvalue weighted by Gasteiger charge is -2.17. The van der Waals surface area contributed by atoms with E-state index in [1.807, 2.05) is 0 Å². The van der Waals surface area contributed by atoms with Gasteiger partial charge >= 0.3 is 0 Å². The molecule has 0 unspecified atom stereocenters. The molecule has 8 nitrogen and oxygen atoms in total. The van der Waals surface area contributed by atoms with Crippen molar-refractivity contribution in [1.29, 1.82) is 5.41 Å². The minimum Gasteiger partial charge on any atom is -0.507 e. The SMILES string of the molecule is CCO[C@@H](C(=O)NCc1ccc(C(=N)N)cc1)n1ccc(-c2cc(Cl)ccc2O)n1.Cl. The molecular weight excluding hydrogens is 441 g/mol. The van der Waals surface area contributed by atoms with Crippen LogP contribution in [-0.4, -0.2) is 33.2 Å². The highest BCUT2D eigenvalue weighted by molar-refractivity contribution is 6.30. The summed E-state index contributed by atoms with van der Waals surface area (Å²) in [6, 6.07) is 13.4. The van der Waals surface area contributed by atoms with Crippen LogP contribution in [0.3, 0.4) is 0 Å². The second-order valence-corrected chi connectivity index (χ2v) is 6.92. The van der Waals surface area contributed by atoms with Crippen LogP contribution in [0.2, 0.25) is 5.02 Å². The van der Waals surface area contributed by atoms with Crippen LogP contribution in [0, 0.1) is 5.41 Å². The summed E-state index contributed by atoms with van der Waals surface area (Å²) in [6.45, 7) is 2.38. The number of hydrogen-bond donors (Lipinski definition) is 4. The van der Waals surface area contributed by atoms with Crippen molar-refractivity contribution in [3.8, 4) is 17.0 Å². The number of benzene rings is 2. The zero-order valence-electron chi connectivity index (χ0n) is 16.7. The number of nitrogens with zero attached hydrogens (tertiary/aromatic N) is 2. The van der Waals surface area contributed by atoms with Gasteiger partial charge in [0.25, 0.3) is 5.91 Å². The van der Waals surface area contributed by atoms with Crippen LogP contribution in [0.5, 0.6) is 5.75 Å². The van der Waals surface area contributed by atoms with Gasteiger partial charge in [-0.2, -0.15) is 5.10 Å². The van der Waals surface area contributed by atoms with Gasteiger partial charge in [-0.25, -0.2) is 4.68 Å². The number of phenolic OH excluding ortho intramolecular Hbond substituents is 1. The Morgan fingerprint density at radius 1 is 1.29 bits per heavy atom. The Bertz CT molecular complexity index is 1050. The number of halogens is 2. The second kappa shape index (κ2) is 10.8. The number of hydrogen-bond acceptors (Lipinski definition) is 5. The number of nitrogens with two attached hydrogens (primary N) is 1. The lowest BCUT2D eigenvalue weighted by molar-refractivity contribution is -0.139. The smallest absolute Gasteiger partial charge is 0.272 e. The molecule has 3 rings (SSSR count). The summed E-state index contributed by atoms with van der Waals surface area (Å²) >= 11 is 6.01. The van der Waals surface area contributed by atoms with Crippen molar-refractivity contribution < 1.29 is 14.6 Å². The van der Waals surface area contributed by atoms with E-state index < -0.39 is 6.23 Å². The Balaban J connectivity index is 0.00000341. The van der Waals surface area contributed by atoms with Crippen LogP contribution in [0.4, 0.5) is 0 Å². The lowest BCUT2D eigenvalue weighted by atomic mass is 10.1. The number of nitrogen functional groups attached to an aromatic ring is 1. The molecular formula is C21H23Cl2N5O3. The summed E-state index contributed by atoms with van der Waals surface area (Å²) in [5, 5.41) is 25.2. The van der Waals surface area contributed by atoms with Crippen LogP contribution < -0.4 is 11.1 Å². The third kappa shape index (κ3) is 5.97. The Morgan fingerprint density at radius 3 is 2.65 bits per heavy atom. The molecule has 3 aromatic rings. The standard InChI is InChI=1S/C21H22ClN5O3.ClH/c1-2-30-21(20(29)25-12-13-3-5-14(6-4-13)19(23)24)27-10-9-17(26-27)16-11-15(22)7-8-18(16)28;/h3-11,21,28H,2,12H2,1H3,(H3,23,24)(H,25,29);1H/t21-;/m0./s1. The largest absolute Gasteiger partial charge is 0.507 e. The van der Waals surface area contributed by atoms with E-state index in [0.29, 0.717) is 28.5 Å². The first-order valence-electron chi connectivity index (χ1n) is 9.25. The summed E-state index contributed by atoms with van der Waals surface area (Å²) < 4.78 is 6.98. The monoisotopic (exact) mass is 463 g/mol. The van der Waals surface area contributed by atoms with Gasteiger partial charge in [-0.15, -0.1) is 12.4 Å². The number of phenols is 1. The predicted molar refractivity (Wildman–Crippen MR) is 122 cm³/mol. The Kier molecular flexibility index (Phi) is 8.44. The van der Waals surface area contributed by atoms with Gasteiger partial charge < -0.3 is 20.9 Å². The van der Waals surface area contributed by atoms with Gasteiger partial charge in [-0.1, -0.05) is 35.9 Å². The summed E-state index contributed by atoms with van der Waals surface area (Å²) in [5.41, 5.74) is 7.85. The molecule has 1 atom stereocenters. The molecule has 1 aromatic heterocycles. The van der Waals surface area contributed by atoms with Crippen molar-refractivity contribution in [2.24, 2.45) is 5.73 Å². The normalized spacial score (nSPS) is 11.4. The zero-order chi connectivity index (χ0) is 21.7. The first kappa shape index (κ1) is 24.2. The van der Waals surface area contributed by atoms with Crippen molar-refractivity contribution in [1.82, 2.24) is 15.1 Å². The van der Waals surface area contributed by atoms with Gasteiger partial charge in [0, 0.05) is 35.5 Å². The molecule has 0 saturated carbocycles. The molecule has 10 heteroatoms. The lowest BCUT2D eigenvalue weighted by Crippen LogP contribution is -2.34. The van der Waals surface area contributed by atoms with Crippen LogP contribution in [0.1, 0.15) is 24.3 Å². The second-order valence-electron chi connectivity index (χ2n) is 6.48. The number of amidine groups is 1. The first-order valence-corrected chi connectivity index (χ1v) is 9.63. The molecule has 164 valence electrons. The fourth-order valence-corrected chi connectivity index (χ4v) is 3.01. The van der Waals surface area contributed by atoms with Crippen LogP contribution >= 0.6 is 24.0 Å². The topological polar surface area (TPSA) is 126 Å². The summed E-state index contributed by atoms with van der Waals surface area (Å²) in [7, 11) is 0. The summed E-state index contributed by atoms with van der Waals surface area (Å²) in [4.78, 5) is 12.7. The summed E-state index contributed by atoms with van der Waals surface area (Å²) in [5.74, 6) is -0.337. The van der Waals surface area contributed by atoms with Gasteiger partial charge in [0.1, 0.15) is 11.6 Å². The fourth-order valence-electron chi connectivity index (χ4n) is 2.83. The Labute approximate surface area is 190 Å². The maximum Gasteiger partial charge on any atom is 0.272 e. The van der Waals surface area contributed by atoms with Crippen molar-refractivity contribution in [2.75, 3.05) is 6.61 Å². The number of ether oxygens (including phenoxy) is 1. The van der Waals surface area contributed by atoms with E-state index in [4.69, 9.17) is 27.5 Å². The molecule has 0 aliphatic carbocycles. The molecule has 5 N–H and O–H groups in total. The number of amides is 1. The number of rotatable bonds is 8. The minimum absolute atomic E-state index is 0. The molecule has 0 radical (unpaired) electrons. The number of nitrogens with one attached hydrogen (secondary N) is 2. The predicted octanol–water partition coefficient (Wildman–Crippen LogP) is 3.47. The van der Waals surface area contributed by atoms with E-state index >= 15 is 0 Å². The summed E-state index contributed by atoms with van der Waals surface area (Å²) in [6.07, 6.45) is 0.638. The maximum absolute atomic E-state index is 12.7. The highest BCUT2D eigenvalue weighted by Crippen LogP contribution is 2.30. The molecule has 31 heavy (non-hydrogen) atoms. The van der Waals surface area contributed by atoms with E-state index in [0.717, 1.165) is 5.56 Å². The number of carbonyl (C=O) groups excluding carboxylic acids is 1. The Hall–Kier alpha value is -3.07. The van der Waals surface area contributed by atoms with Gasteiger partial charge in [0.05, 0.1) is 5.69 Å². The van der Waals surface area contributed by atoms with Crippen LogP contribution in [-0.2, 0) is 16.1 Å². The minimum atomic E-state index is -0.971. The van der Waals surface area contributed by atoms with Crippen LogP contribution in [0.25, 0.3) is 11.3 Å². The molecule has 1 amide bonds. The van der Waals surface area contributed by atoms with Gasteiger partial charge in [-0.3, -0.25) is 10.2 Å². The van der Waals surface area contributed by atoms with Gasteiger partial charge in [-0.05, 0) is 36.8 Å². The number of aromatic nitrogens is 2. The zero-order valence-corrected chi connectivity index (χ0v) is 18.3. The van der Waals surface area contributed by atoms with Crippen molar-refractivity contribution in [2.45, 2.75) is 19.7 Å². The van der Waals surface area contributed by atoms with Crippen LogP contribution in [0.15, 0.2) is 54.7 Å². The molecule has 0 spiro atoms. The van der Waals surface area contributed by atoms with E-state index in [1.54, 1.807) is 55.6 Å². The van der Waals surface area contributed by atoms with E-state index in [2.05, 4.69) is 10.4 Å². The van der Waals surface area contributed by atoms with Crippen molar-refractivity contribution in [3.05, 3.63) is 70.9 Å². The van der Waals surface area contributed by atoms with Crippen molar-refractivity contribution in [3.63, 3.8) is 0 Å². The highest BCUT2D eigenvalue weighted by atomic mass is 35.5. The average Bonchev–Trinajstić information content (AvgIpc) is 3.21. The van der Waals surface area contributed by atoms with Gasteiger partial charge in [0.2, 0.25) is 6.23 Å². The molecule has 1 heterocycles. The van der Waals surface area contributed by atoms with E-state index in [9.17, 15) is 9.90 Å². The van der Waals surface area contributed by atoms with Gasteiger partial charge in [0.15, 0.2) is 0 Å². The third-order valence-corrected chi connectivity index (χ3v) is 4.60. The van der Waals surface area contributed by atoms with E-state index in [1.165, 1.54) is 10.7 Å². The molecule has 0 fully saturated rings. The fraction of sp³-hybridized carbons (Fsp3) is 0.190. The average molecular weight is 464 g/mol. The quantitative estimate of drug-likeness (QED) is 0.300. The first-order chi connectivity index (χ1) is 14.4. The van der Waals surface area contributed by atoms with E-state index in [-0.39, 0.29) is 36.4 Å². The molecule has 0 bridgehead atoms. The highest BCUT2D eigenvalue weighted by Gasteiger charge is 2.22. The van der Waals surface area contributed by atoms with Crippen molar-refractivity contribution >= 4 is 35.8 Å². The molecule has 0 aliphatic heterocycles. The number of carbonyl (C=O) groups is 1.